The van der Waals surface area contributed by atoms with Crippen molar-refractivity contribution in [3.63, 3.8) is 0 Å². The van der Waals surface area contributed by atoms with E-state index in [0.29, 0.717) is 6.04 Å². The first-order valence-corrected chi connectivity index (χ1v) is 5.07. The van der Waals surface area contributed by atoms with Crippen LogP contribution in [0, 0.1) is 6.92 Å². The van der Waals surface area contributed by atoms with Gasteiger partial charge in [0.05, 0.1) is 0 Å². The Morgan fingerprint density at radius 2 is 2.29 bits per heavy atom. The lowest BCUT2D eigenvalue weighted by Gasteiger charge is -2.35. The molecule has 1 saturated heterocycles. The van der Waals surface area contributed by atoms with E-state index in [1.165, 1.54) is 11.1 Å². The van der Waals surface area contributed by atoms with E-state index in [4.69, 9.17) is 0 Å². The summed E-state index contributed by atoms with van der Waals surface area (Å²) in [6, 6.07) is 2.91. The molecule has 0 bridgehead atoms. The highest BCUT2D eigenvalue weighted by Gasteiger charge is 2.21. The van der Waals surface area contributed by atoms with Crippen LogP contribution in [0.15, 0.2) is 18.5 Å². The summed E-state index contributed by atoms with van der Waals surface area (Å²) in [4.78, 5) is 6.58. The van der Waals surface area contributed by atoms with E-state index < -0.39 is 0 Å². The summed E-state index contributed by atoms with van der Waals surface area (Å²) in [7, 11) is 2.17. The molecule has 14 heavy (non-hydrogen) atoms. The van der Waals surface area contributed by atoms with Crippen LogP contribution in [-0.4, -0.2) is 36.1 Å². The maximum absolute atomic E-state index is 4.20. The van der Waals surface area contributed by atoms with E-state index in [-0.39, 0.29) is 0 Å². The van der Waals surface area contributed by atoms with Crippen molar-refractivity contribution < 1.29 is 0 Å². The molecule has 0 aliphatic carbocycles. The van der Waals surface area contributed by atoms with Gasteiger partial charge in [0, 0.05) is 38.1 Å². The largest absolute Gasteiger partial charge is 0.314 e. The monoisotopic (exact) mass is 191 g/mol. The summed E-state index contributed by atoms with van der Waals surface area (Å²) in [5, 5.41) is 3.28. The van der Waals surface area contributed by atoms with Gasteiger partial charge >= 0.3 is 0 Å². The van der Waals surface area contributed by atoms with E-state index in [2.05, 4.69) is 35.2 Å². The van der Waals surface area contributed by atoms with Gasteiger partial charge in [0.2, 0.25) is 0 Å². The lowest BCUT2D eigenvalue weighted by molar-refractivity contribution is 0.173. The van der Waals surface area contributed by atoms with Crippen LogP contribution in [0.4, 0.5) is 0 Å². The van der Waals surface area contributed by atoms with E-state index in [0.717, 1.165) is 19.6 Å². The number of pyridine rings is 1. The van der Waals surface area contributed by atoms with Crippen molar-refractivity contribution in [3.05, 3.63) is 29.6 Å². The first-order chi connectivity index (χ1) is 6.75. The Morgan fingerprint density at radius 3 is 2.86 bits per heavy atom. The highest BCUT2D eigenvalue weighted by molar-refractivity contribution is 5.16. The average molecular weight is 191 g/mol. The Balaban J connectivity index is 1.95. The number of aromatic nitrogens is 1. The van der Waals surface area contributed by atoms with Crippen LogP contribution in [0.5, 0.6) is 0 Å². The number of aryl methyl sites for hydroxylation is 1. The summed E-state index contributed by atoms with van der Waals surface area (Å²) in [5.74, 6) is 0. The van der Waals surface area contributed by atoms with Crippen LogP contribution < -0.4 is 5.32 Å². The molecule has 76 valence electrons. The number of rotatable bonds is 3. The fraction of sp³-hybridized carbons (Fsp3) is 0.545. The maximum atomic E-state index is 4.20. The first-order valence-electron chi connectivity index (χ1n) is 5.07. The molecular weight excluding hydrogens is 174 g/mol. The van der Waals surface area contributed by atoms with Crippen LogP contribution in [0.3, 0.4) is 0 Å². The molecule has 1 N–H and O–H groups in total. The summed E-state index contributed by atoms with van der Waals surface area (Å²) >= 11 is 0. The lowest BCUT2D eigenvalue weighted by atomic mass is 10.1. The van der Waals surface area contributed by atoms with Crippen LogP contribution in [0.2, 0.25) is 0 Å². The minimum absolute atomic E-state index is 0.704. The van der Waals surface area contributed by atoms with Crippen LogP contribution >= 0.6 is 0 Å². The Labute approximate surface area is 85.1 Å². The average Bonchev–Trinajstić information content (AvgIpc) is 1.99. The van der Waals surface area contributed by atoms with Gasteiger partial charge in [0.1, 0.15) is 0 Å². The third-order valence-corrected chi connectivity index (χ3v) is 2.75. The normalized spacial score (nSPS) is 17.1. The van der Waals surface area contributed by atoms with Crippen molar-refractivity contribution in [2.45, 2.75) is 19.5 Å². The second-order valence-electron chi connectivity index (χ2n) is 4.10. The predicted molar refractivity (Wildman–Crippen MR) is 57.1 cm³/mol. The molecule has 3 heteroatoms. The predicted octanol–water partition coefficient (Wildman–Crippen LogP) is 0.794. The van der Waals surface area contributed by atoms with Gasteiger partial charge in [0.15, 0.2) is 0 Å². The summed E-state index contributed by atoms with van der Waals surface area (Å²) in [6.07, 6.45) is 3.85. The van der Waals surface area contributed by atoms with Crippen molar-refractivity contribution >= 4 is 0 Å². The maximum Gasteiger partial charge on any atom is 0.0345 e. The molecule has 2 heterocycles. The summed E-state index contributed by atoms with van der Waals surface area (Å²) in [6.45, 7) is 5.33. The number of hydrogen-bond acceptors (Lipinski definition) is 3. The molecule has 1 fully saturated rings. The van der Waals surface area contributed by atoms with Gasteiger partial charge in [-0.05, 0) is 25.1 Å². The Kier molecular flexibility index (Phi) is 2.79. The zero-order valence-corrected chi connectivity index (χ0v) is 8.83. The SMILES string of the molecule is Cc1cncc(CN(C)C2CNC2)c1. The van der Waals surface area contributed by atoms with Crippen molar-refractivity contribution in [1.29, 1.82) is 0 Å². The molecular formula is C11H17N3. The second kappa shape index (κ2) is 4.07. The molecule has 3 nitrogen and oxygen atoms in total. The first kappa shape index (κ1) is 9.62. The molecule has 0 saturated carbocycles. The number of nitrogens with zero attached hydrogens (tertiary/aromatic N) is 2. The van der Waals surface area contributed by atoms with Crippen molar-refractivity contribution in [1.82, 2.24) is 15.2 Å². The fourth-order valence-corrected chi connectivity index (χ4v) is 1.71. The fourth-order valence-electron chi connectivity index (χ4n) is 1.71. The van der Waals surface area contributed by atoms with Gasteiger partial charge < -0.3 is 5.32 Å². The molecule has 1 aliphatic heterocycles. The standard InChI is InChI=1S/C11H17N3/c1-9-3-10(5-12-4-9)8-14(2)11-6-13-7-11/h3-5,11,13H,6-8H2,1-2H3. The molecule has 0 radical (unpaired) electrons. The second-order valence-corrected chi connectivity index (χ2v) is 4.10. The van der Waals surface area contributed by atoms with Crippen LogP contribution in [0.1, 0.15) is 11.1 Å². The third-order valence-electron chi connectivity index (χ3n) is 2.75. The van der Waals surface area contributed by atoms with Crippen molar-refractivity contribution in [3.8, 4) is 0 Å². The molecule has 2 rings (SSSR count). The smallest absolute Gasteiger partial charge is 0.0345 e. The van der Waals surface area contributed by atoms with E-state index in [1.54, 1.807) is 0 Å². The molecule has 0 aromatic carbocycles. The highest BCUT2D eigenvalue weighted by Crippen LogP contribution is 2.09. The molecule has 0 atom stereocenters. The quantitative estimate of drug-likeness (QED) is 0.765. The molecule has 0 unspecified atom stereocenters. The van der Waals surface area contributed by atoms with Crippen LogP contribution in [0.25, 0.3) is 0 Å². The Morgan fingerprint density at radius 1 is 1.50 bits per heavy atom. The molecule has 0 spiro atoms. The van der Waals surface area contributed by atoms with Gasteiger partial charge in [0.25, 0.3) is 0 Å². The zero-order valence-electron chi connectivity index (χ0n) is 8.83. The number of likely N-dealkylation sites (N-methyl/N-ethyl adjacent to an activating group) is 1. The minimum atomic E-state index is 0.704. The van der Waals surface area contributed by atoms with Crippen molar-refractivity contribution in [2.24, 2.45) is 0 Å². The Hall–Kier alpha value is -0.930. The van der Waals surface area contributed by atoms with E-state index in [9.17, 15) is 0 Å². The van der Waals surface area contributed by atoms with Crippen molar-refractivity contribution in [2.75, 3.05) is 20.1 Å². The summed E-state index contributed by atoms with van der Waals surface area (Å²) in [5.41, 5.74) is 2.54. The van der Waals surface area contributed by atoms with Gasteiger partial charge in [-0.1, -0.05) is 6.07 Å². The summed E-state index contributed by atoms with van der Waals surface area (Å²) < 4.78 is 0. The Bertz CT molecular complexity index is 307. The van der Waals surface area contributed by atoms with Crippen LogP contribution in [-0.2, 0) is 6.54 Å². The van der Waals surface area contributed by atoms with Gasteiger partial charge in [-0.25, -0.2) is 0 Å². The highest BCUT2D eigenvalue weighted by atomic mass is 15.2. The minimum Gasteiger partial charge on any atom is -0.314 e. The van der Waals surface area contributed by atoms with Gasteiger partial charge in [-0.3, -0.25) is 9.88 Å². The topological polar surface area (TPSA) is 28.2 Å². The molecule has 1 aromatic heterocycles. The number of nitrogens with one attached hydrogen (secondary N) is 1. The third kappa shape index (κ3) is 2.11. The van der Waals surface area contributed by atoms with E-state index in [1.807, 2.05) is 12.4 Å². The number of hydrogen-bond donors (Lipinski definition) is 1. The molecule has 0 amide bonds. The molecule has 1 aliphatic rings. The molecule has 1 aromatic rings. The van der Waals surface area contributed by atoms with Gasteiger partial charge in [-0.2, -0.15) is 0 Å². The lowest BCUT2D eigenvalue weighted by Crippen LogP contribution is -2.55. The zero-order chi connectivity index (χ0) is 9.97. The van der Waals surface area contributed by atoms with Gasteiger partial charge in [-0.15, -0.1) is 0 Å². The van der Waals surface area contributed by atoms with E-state index >= 15 is 0 Å².